The van der Waals surface area contributed by atoms with Crippen LogP contribution in [0.5, 0.6) is 5.75 Å². The molecule has 2 aromatic rings. The summed E-state index contributed by atoms with van der Waals surface area (Å²) in [7, 11) is 0. The summed E-state index contributed by atoms with van der Waals surface area (Å²) >= 11 is 12.4. The van der Waals surface area contributed by atoms with E-state index in [1.54, 1.807) is 18.2 Å². The molecule has 0 spiro atoms. The number of hydrogen-bond acceptors (Lipinski definition) is 4. The van der Waals surface area contributed by atoms with E-state index in [1.807, 2.05) is 6.07 Å². The maximum Gasteiger partial charge on any atom is 0.224 e. The number of halogens is 3. The highest BCUT2D eigenvalue weighted by molar-refractivity contribution is 6.35. The van der Waals surface area contributed by atoms with Crippen molar-refractivity contribution < 1.29 is 19.0 Å². The fourth-order valence-corrected chi connectivity index (χ4v) is 4.21. The number of nitrogens with one attached hydrogen (secondary N) is 1. The number of carbonyl (C=O) groups is 1. The molecule has 2 heterocycles. The quantitative estimate of drug-likeness (QED) is 0.740. The SMILES string of the molecule is O=C1CCc2c(OCC3(O)CCN(c4cc(Cl)ccc4Cl)CC3)ccc(F)c2N1. The first-order valence-corrected chi connectivity index (χ1v) is 10.3. The van der Waals surface area contributed by atoms with Gasteiger partial charge in [0.05, 0.1) is 16.4 Å². The van der Waals surface area contributed by atoms with Gasteiger partial charge in [0.15, 0.2) is 0 Å². The molecule has 29 heavy (non-hydrogen) atoms. The zero-order valence-electron chi connectivity index (χ0n) is 15.7. The van der Waals surface area contributed by atoms with E-state index in [-0.39, 0.29) is 24.6 Å². The molecular formula is C21H21Cl2FN2O3. The number of amides is 1. The van der Waals surface area contributed by atoms with E-state index in [1.165, 1.54) is 6.07 Å². The molecule has 0 aromatic heterocycles. The van der Waals surface area contributed by atoms with Gasteiger partial charge in [-0.25, -0.2) is 4.39 Å². The second-order valence-electron chi connectivity index (χ2n) is 7.54. The van der Waals surface area contributed by atoms with Gasteiger partial charge in [0, 0.05) is 30.1 Å². The zero-order valence-corrected chi connectivity index (χ0v) is 17.2. The van der Waals surface area contributed by atoms with Gasteiger partial charge < -0.3 is 20.1 Å². The Kier molecular flexibility index (Phi) is 5.60. The lowest BCUT2D eigenvalue weighted by Gasteiger charge is -2.39. The number of ether oxygens (including phenoxy) is 1. The van der Waals surface area contributed by atoms with Crippen LogP contribution in [0.2, 0.25) is 10.0 Å². The number of benzene rings is 2. The molecule has 0 atom stereocenters. The minimum Gasteiger partial charge on any atom is -0.490 e. The number of carbonyl (C=O) groups excluding carboxylic acids is 1. The van der Waals surface area contributed by atoms with Crippen LogP contribution in [0.1, 0.15) is 24.8 Å². The minimum absolute atomic E-state index is 0.0934. The first-order chi connectivity index (χ1) is 13.8. The topological polar surface area (TPSA) is 61.8 Å². The Labute approximate surface area is 178 Å². The third kappa shape index (κ3) is 4.29. The monoisotopic (exact) mass is 438 g/mol. The van der Waals surface area contributed by atoms with Crippen molar-refractivity contribution in [3.63, 3.8) is 0 Å². The molecule has 2 aromatic carbocycles. The molecular weight excluding hydrogens is 418 g/mol. The molecule has 154 valence electrons. The molecule has 2 N–H and O–H groups in total. The first kappa shape index (κ1) is 20.3. The lowest BCUT2D eigenvalue weighted by molar-refractivity contribution is -0.116. The van der Waals surface area contributed by atoms with E-state index in [0.29, 0.717) is 53.7 Å². The van der Waals surface area contributed by atoms with Crippen LogP contribution >= 0.6 is 23.2 Å². The third-order valence-electron chi connectivity index (χ3n) is 5.52. The number of anilines is 2. The van der Waals surface area contributed by atoms with Gasteiger partial charge in [0.1, 0.15) is 23.8 Å². The van der Waals surface area contributed by atoms with Crippen LogP contribution in [0, 0.1) is 5.82 Å². The Bertz CT molecular complexity index is 946. The number of fused-ring (bicyclic) bond motifs is 1. The molecule has 0 unspecified atom stereocenters. The van der Waals surface area contributed by atoms with E-state index in [0.717, 1.165) is 5.69 Å². The molecule has 0 radical (unpaired) electrons. The van der Waals surface area contributed by atoms with Crippen LogP contribution in [0.15, 0.2) is 30.3 Å². The number of rotatable bonds is 4. The normalized spacial score (nSPS) is 18.2. The number of nitrogens with zero attached hydrogens (tertiary/aromatic N) is 1. The van der Waals surface area contributed by atoms with Crippen molar-refractivity contribution in [3.05, 3.63) is 51.8 Å². The Morgan fingerprint density at radius 2 is 1.93 bits per heavy atom. The van der Waals surface area contributed by atoms with Crippen molar-refractivity contribution in [1.29, 1.82) is 0 Å². The highest BCUT2D eigenvalue weighted by Gasteiger charge is 2.34. The van der Waals surface area contributed by atoms with E-state index in [2.05, 4.69) is 10.2 Å². The Morgan fingerprint density at radius 3 is 2.69 bits per heavy atom. The van der Waals surface area contributed by atoms with Crippen LogP contribution in [0.4, 0.5) is 15.8 Å². The smallest absolute Gasteiger partial charge is 0.224 e. The second kappa shape index (κ2) is 8.01. The maximum atomic E-state index is 14.0. The molecule has 1 amide bonds. The van der Waals surface area contributed by atoms with Crippen LogP contribution in [-0.4, -0.2) is 36.3 Å². The second-order valence-corrected chi connectivity index (χ2v) is 8.39. The van der Waals surface area contributed by atoms with E-state index in [4.69, 9.17) is 27.9 Å². The molecule has 5 nitrogen and oxygen atoms in total. The van der Waals surface area contributed by atoms with Gasteiger partial charge in [-0.1, -0.05) is 23.2 Å². The highest BCUT2D eigenvalue weighted by Crippen LogP contribution is 2.36. The number of hydrogen-bond donors (Lipinski definition) is 2. The van der Waals surface area contributed by atoms with Gasteiger partial charge in [-0.2, -0.15) is 0 Å². The van der Waals surface area contributed by atoms with Crippen molar-refractivity contribution in [2.45, 2.75) is 31.3 Å². The summed E-state index contributed by atoms with van der Waals surface area (Å²) < 4.78 is 19.9. The van der Waals surface area contributed by atoms with Crippen LogP contribution < -0.4 is 15.0 Å². The van der Waals surface area contributed by atoms with Crippen LogP contribution in [0.3, 0.4) is 0 Å². The maximum absolute atomic E-state index is 14.0. The molecule has 0 aliphatic carbocycles. The van der Waals surface area contributed by atoms with Gasteiger partial charge >= 0.3 is 0 Å². The Morgan fingerprint density at radius 1 is 1.17 bits per heavy atom. The summed E-state index contributed by atoms with van der Waals surface area (Å²) in [6.45, 7) is 1.31. The molecule has 1 fully saturated rings. The Balaban J connectivity index is 1.42. The summed E-state index contributed by atoms with van der Waals surface area (Å²) in [5.41, 5.74) is 0.666. The van der Waals surface area contributed by atoms with E-state index >= 15 is 0 Å². The summed E-state index contributed by atoms with van der Waals surface area (Å²) in [5, 5.41) is 14.8. The predicted molar refractivity (Wildman–Crippen MR) is 112 cm³/mol. The molecule has 2 aliphatic rings. The largest absolute Gasteiger partial charge is 0.490 e. The molecule has 2 aliphatic heterocycles. The standard InChI is InChI=1S/C21H21Cl2FN2O3/c22-13-1-3-15(23)17(11-13)26-9-7-21(28,8-10-26)12-29-18-5-4-16(24)20-14(18)2-6-19(27)25-20/h1,3-5,11,28H,2,6-10,12H2,(H,25,27). The van der Waals surface area contributed by atoms with Crippen molar-refractivity contribution >= 4 is 40.5 Å². The number of piperidine rings is 1. The van der Waals surface area contributed by atoms with Gasteiger partial charge in [-0.3, -0.25) is 4.79 Å². The zero-order chi connectivity index (χ0) is 20.6. The average Bonchev–Trinajstić information content (AvgIpc) is 2.70. The molecule has 4 rings (SSSR count). The minimum atomic E-state index is -0.999. The molecule has 0 saturated carbocycles. The predicted octanol–water partition coefficient (Wildman–Crippen LogP) is 4.43. The fraction of sp³-hybridized carbons (Fsp3) is 0.381. The van der Waals surface area contributed by atoms with Crippen LogP contribution in [0.25, 0.3) is 0 Å². The van der Waals surface area contributed by atoms with Gasteiger partial charge in [-0.05, 0) is 49.6 Å². The number of aliphatic hydroxyl groups is 1. The van der Waals surface area contributed by atoms with Crippen molar-refractivity contribution in [1.82, 2.24) is 0 Å². The van der Waals surface area contributed by atoms with E-state index in [9.17, 15) is 14.3 Å². The fourth-order valence-electron chi connectivity index (χ4n) is 3.81. The molecule has 8 heteroatoms. The van der Waals surface area contributed by atoms with Crippen LogP contribution in [-0.2, 0) is 11.2 Å². The average molecular weight is 439 g/mol. The lowest BCUT2D eigenvalue weighted by atomic mass is 9.92. The molecule has 0 bridgehead atoms. The molecule has 1 saturated heterocycles. The van der Waals surface area contributed by atoms with Crippen molar-refractivity contribution in [3.8, 4) is 5.75 Å². The first-order valence-electron chi connectivity index (χ1n) is 9.51. The van der Waals surface area contributed by atoms with Crippen molar-refractivity contribution in [2.24, 2.45) is 0 Å². The van der Waals surface area contributed by atoms with Crippen molar-refractivity contribution in [2.75, 3.05) is 29.9 Å². The highest BCUT2D eigenvalue weighted by atomic mass is 35.5. The summed E-state index contributed by atoms with van der Waals surface area (Å²) in [4.78, 5) is 13.7. The Hall–Kier alpha value is -2.02. The van der Waals surface area contributed by atoms with Gasteiger partial charge in [-0.15, -0.1) is 0 Å². The van der Waals surface area contributed by atoms with E-state index < -0.39 is 11.4 Å². The summed E-state index contributed by atoms with van der Waals surface area (Å²) in [6.07, 6.45) is 1.69. The van der Waals surface area contributed by atoms with Gasteiger partial charge in [0.25, 0.3) is 0 Å². The van der Waals surface area contributed by atoms with Gasteiger partial charge in [0.2, 0.25) is 5.91 Å². The lowest BCUT2D eigenvalue weighted by Crippen LogP contribution is -2.48. The summed E-state index contributed by atoms with van der Waals surface area (Å²) in [6, 6.07) is 8.15. The summed E-state index contributed by atoms with van der Waals surface area (Å²) in [5.74, 6) is -0.194. The third-order valence-corrected chi connectivity index (χ3v) is 6.08.